The first kappa shape index (κ1) is 24.1. The standard InChI is InChI=1S/C24H25ClN2O6/c1-3-4-5-6-11-33-21-19(25)13-15(14-20(21)32-2)12-18-22(29)26-24(31)27(23(18)30)16-7-9-17(28)10-8-16/h7-10,12-14,28H,3-6,11H2,1-2H3,(H,26,29,31)/b18-12-. The molecule has 0 spiro atoms. The van der Waals surface area contributed by atoms with E-state index >= 15 is 0 Å². The van der Waals surface area contributed by atoms with E-state index in [4.69, 9.17) is 21.1 Å². The first-order chi connectivity index (χ1) is 15.8. The fourth-order valence-corrected chi connectivity index (χ4v) is 3.60. The van der Waals surface area contributed by atoms with Crippen LogP contribution in [0.3, 0.4) is 0 Å². The van der Waals surface area contributed by atoms with Crippen LogP contribution in [0.4, 0.5) is 10.5 Å². The summed E-state index contributed by atoms with van der Waals surface area (Å²) in [6, 6.07) is 7.74. The highest BCUT2D eigenvalue weighted by Crippen LogP contribution is 2.37. The van der Waals surface area contributed by atoms with Crippen molar-refractivity contribution in [1.29, 1.82) is 0 Å². The Morgan fingerprint density at radius 3 is 2.48 bits per heavy atom. The molecule has 1 aliphatic heterocycles. The molecular formula is C24H25ClN2O6. The number of barbiturate groups is 1. The lowest BCUT2D eigenvalue weighted by molar-refractivity contribution is -0.122. The predicted molar refractivity (Wildman–Crippen MR) is 125 cm³/mol. The van der Waals surface area contributed by atoms with Crippen LogP contribution in [-0.2, 0) is 9.59 Å². The molecule has 0 atom stereocenters. The smallest absolute Gasteiger partial charge is 0.335 e. The van der Waals surface area contributed by atoms with Crippen LogP contribution in [-0.4, -0.2) is 36.7 Å². The normalized spacial score (nSPS) is 15.1. The number of imide groups is 2. The molecular weight excluding hydrogens is 448 g/mol. The maximum Gasteiger partial charge on any atom is 0.335 e. The molecule has 2 aromatic rings. The first-order valence-corrected chi connectivity index (χ1v) is 10.9. The maximum atomic E-state index is 13.0. The molecule has 0 bridgehead atoms. The minimum atomic E-state index is -0.879. The number of unbranched alkanes of at least 4 members (excludes halogenated alkanes) is 3. The topological polar surface area (TPSA) is 105 Å². The van der Waals surface area contributed by atoms with Gasteiger partial charge in [0.25, 0.3) is 11.8 Å². The van der Waals surface area contributed by atoms with Gasteiger partial charge in [0.05, 0.1) is 24.4 Å². The van der Waals surface area contributed by atoms with Gasteiger partial charge < -0.3 is 14.6 Å². The van der Waals surface area contributed by atoms with Gasteiger partial charge in [-0.15, -0.1) is 0 Å². The zero-order chi connectivity index (χ0) is 24.0. The third-order valence-corrected chi connectivity index (χ3v) is 5.30. The van der Waals surface area contributed by atoms with Crippen molar-refractivity contribution < 1.29 is 29.0 Å². The summed E-state index contributed by atoms with van der Waals surface area (Å²) in [5.74, 6) is -0.907. The third kappa shape index (κ3) is 5.64. The second-order valence-electron chi connectivity index (χ2n) is 7.42. The molecule has 0 aliphatic carbocycles. The van der Waals surface area contributed by atoms with Gasteiger partial charge in [0, 0.05) is 0 Å². The van der Waals surface area contributed by atoms with Crippen LogP contribution in [0.25, 0.3) is 6.08 Å². The Hall–Kier alpha value is -3.52. The number of halogens is 1. The predicted octanol–water partition coefficient (Wildman–Crippen LogP) is 4.68. The van der Waals surface area contributed by atoms with Crippen molar-refractivity contribution in [2.45, 2.75) is 32.6 Å². The zero-order valence-electron chi connectivity index (χ0n) is 18.4. The first-order valence-electron chi connectivity index (χ1n) is 10.6. The molecule has 1 heterocycles. The molecule has 4 amide bonds. The molecule has 0 aromatic heterocycles. The highest BCUT2D eigenvalue weighted by Gasteiger charge is 2.36. The van der Waals surface area contributed by atoms with Gasteiger partial charge in [-0.1, -0.05) is 37.8 Å². The summed E-state index contributed by atoms with van der Waals surface area (Å²) in [4.78, 5) is 38.5. The highest BCUT2D eigenvalue weighted by atomic mass is 35.5. The molecule has 0 unspecified atom stereocenters. The fourth-order valence-electron chi connectivity index (χ4n) is 3.33. The number of nitrogens with zero attached hydrogens (tertiary/aromatic N) is 1. The Labute approximate surface area is 196 Å². The van der Waals surface area contributed by atoms with Gasteiger partial charge >= 0.3 is 6.03 Å². The van der Waals surface area contributed by atoms with Crippen molar-refractivity contribution in [2.24, 2.45) is 0 Å². The molecule has 1 aliphatic rings. The lowest BCUT2D eigenvalue weighted by Crippen LogP contribution is -2.54. The molecule has 0 saturated carbocycles. The van der Waals surface area contributed by atoms with Gasteiger partial charge in [-0.3, -0.25) is 14.9 Å². The van der Waals surface area contributed by atoms with Gasteiger partial charge in [0.1, 0.15) is 11.3 Å². The van der Waals surface area contributed by atoms with Crippen molar-refractivity contribution in [3.63, 3.8) is 0 Å². The highest BCUT2D eigenvalue weighted by molar-refractivity contribution is 6.39. The molecule has 174 valence electrons. The van der Waals surface area contributed by atoms with Crippen molar-refractivity contribution >= 4 is 41.2 Å². The minimum absolute atomic E-state index is 0.0233. The van der Waals surface area contributed by atoms with Gasteiger partial charge in [0.2, 0.25) is 0 Å². The number of ether oxygens (including phenoxy) is 2. The van der Waals surface area contributed by atoms with Crippen LogP contribution in [0.15, 0.2) is 42.0 Å². The van der Waals surface area contributed by atoms with Crippen molar-refractivity contribution in [3.05, 3.63) is 52.6 Å². The second-order valence-corrected chi connectivity index (χ2v) is 7.82. The number of urea groups is 1. The van der Waals surface area contributed by atoms with E-state index in [1.165, 1.54) is 37.5 Å². The number of anilines is 1. The number of phenols is 1. The summed E-state index contributed by atoms with van der Waals surface area (Å²) in [7, 11) is 1.47. The van der Waals surface area contributed by atoms with Crippen LogP contribution < -0.4 is 19.7 Å². The minimum Gasteiger partial charge on any atom is -0.508 e. The number of methoxy groups -OCH3 is 1. The average Bonchev–Trinajstić information content (AvgIpc) is 2.78. The summed E-state index contributed by atoms with van der Waals surface area (Å²) in [5.41, 5.74) is 0.374. The molecule has 3 rings (SSSR count). The number of hydrogen-bond donors (Lipinski definition) is 2. The number of rotatable bonds is 9. The second kappa shape index (κ2) is 10.9. The molecule has 0 radical (unpaired) electrons. The Morgan fingerprint density at radius 1 is 1.09 bits per heavy atom. The SMILES string of the molecule is CCCCCCOc1c(Cl)cc(/C=C2/C(=O)NC(=O)N(c3ccc(O)cc3)C2=O)cc1OC. The van der Waals surface area contributed by atoms with Crippen LogP contribution in [0, 0.1) is 0 Å². The van der Waals surface area contributed by atoms with Crippen molar-refractivity contribution in [2.75, 3.05) is 18.6 Å². The van der Waals surface area contributed by atoms with Crippen LogP contribution in [0.1, 0.15) is 38.2 Å². The van der Waals surface area contributed by atoms with E-state index in [0.717, 1.165) is 30.6 Å². The van der Waals surface area contributed by atoms with Gasteiger partial charge in [0.15, 0.2) is 11.5 Å². The molecule has 1 saturated heterocycles. The van der Waals surface area contributed by atoms with E-state index in [-0.39, 0.29) is 22.0 Å². The summed E-state index contributed by atoms with van der Waals surface area (Å²) in [6.45, 7) is 2.62. The third-order valence-electron chi connectivity index (χ3n) is 5.02. The molecule has 2 aromatic carbocycles. The zero-order valence-corrected chi connectivity index (χ0v) is 19.1. The Morgan fingerprint density at radius 2 is 1.82 bits per heavy atom. The van der Waals surface area contributed by atoms with Crippen LogP contribution in [0.2, 0.25) is 5.02 Å². The number of hydrogen-bond acceptors (Lipinski definition) is 6. The quantitative estimate of drug-likeness (QED) is 0.312. The fraction of sp³-hybridized carbons (Fsp3) is 0.292. The van der Waals surface area contributed by atoms with E-state index in [1.54, 1.807) is 12.1 Å². The number of benzene rings is 2. The summed E-state index contributed by atoms with van der Waals surface area (Å²) in [6.07, 6.45) is 5.51. The lowest BCUT2D eigenvalue weighted by atomic mass is 10.1. The Bertz CT molecular complexity index is 1080. The van der Waals surface area contributed by atoms with Crippen molar-refractivity contribution in [3.8, 4) is 17.2 Å². The number of carbonyl (C=O) groups is 3. The summed E-state index contributed by atoms with van der Waals surface area (Å²) >= 11 is 6.40. The number of nitrogens with one attached hydrogen (secondary N) is 1. The largest absolute Gasteiger partial charge is 0.508 e. The summed E-state index contributed by atoms with van der Waals surface area (Å²) < 4.78 is 11.2. The van der Waals surface area contributed by atoms with Gasteiger partial charge in [-0.2, -0.15) is 0 Å². The van der Waals surface area contributed by atoms with Crippen molar-refractivity contribution in [1.82, 2.24) is 5.32 Å². The lowest BCUT2D eigenvalue weighted by Gasteiger charge is -2.26. The molecule has 8 nitrogen and oxygen atoms in total. The monoisotopic (exact) mass is 472 g/mol. The van der Waals surface area contributed by atoms with E-state index < -0.39 is 17.8 Å². The number of amides is 4. The molecule has 2 N–H and O–H groups in total. The molecule has 33 heavy (non-hydrogen) atoms. The van der Waals surface area contributed by atoms with Crippen LogP contribution >= 0.6 is 11.6 Å². The number of carbonyl (C=O) groups excluding carboxylic acids is 3. The van der Waals surface area contributed by atoms with E-state index in [9.17, 15) is 19.5 Å². The molecule has 1 fully saturated rings. The Balaban J connectivity index is 1.88. The van der Waals surface area contributed by atoms with E-state index in [1.807, 2.05) is 0 Å². The van der Waals surface area contributed by atoms with E-state index in [2.05, 4.69) is 12.2 Å². The van der Waals surface area contributed by atoms with Crippen LogP contribution in [0.5, 0.6) is 17.2 Å². The number of aromatic hydroxyl groups is 1. The number of phenolic OH excluding ortho intramolecular Hbond substituents is 1. The Kier molecular flexibility index (Phi) is 7.95. The molecule has 9 heteroatoms. The van der Waals surface area contributed by atoms with Gasteiger partial charge in [-0.25, -0.2) is 9.69 Å². The van der Waals surface area contributed by atoms with E-state index in [0.29, 0.717) is 23.7 Å². The average molecular weight is 473 g/mol. The summed E-state index contributed by atoms with van der Waals surface area (Å²) in [5, 5.41) is 11.9. The van der Waals surface area contributed by atoms with Gasteiger partial charge in [-0.05, 0) is 54.5 Å². The maximum absolute atomic E-state index is 13.0.